The number of aliphatic imine (C=N–C) groups is 1. The zero-order valence-electron chi connectivity index (χ0n) is 15.0. The van der Waals surface area contributed by atoms with Gasteiger partial charge in [0.2, 0.25) is 0 Å². The number of likely N-dealkylation sites (tertiary alicyclic amines) is 1. The van der Waals surface area contributed by atoms with Crippen LogP contribution in [0.15, 0.2) is 17.3 Å². The number of nitrogens with zero attached hydrogens (tertiary/aromatic N) is 4. The number of hydrogen-bond donors (Lipinski definition) is 2. The largest absolute Gasteiger partial charge is 0.383 e. The molecule has 1 aromatic rings. The minimum Gasteiger partial charge on any atom is -0.383 e. The summed E-state index contributed by atoms with van der Waals surface area (Å²) in [5.41, 5.74) is 1.14. The number of rotatable bonds is 7. The third-order valence-electron chi connectivity index (χ3n) is 4.46. The van der Waals surface area contributed by atoms with Crippen molar-refractivity contribution in [2.24, 2.45) is 18.0 Å². The number of nitrogens with one attached hydrogen (secondary N) is 2. The van der Waals surface area contributed by atoms with Gasteiger partial charge < -0.3 is 20.3 Å². The van der Waals surface area contributed by atoms with Crippen LogP contribution in [0.4, 0.5) is 0 Å². The maximum Gasteiger partial charge on any atom is 0.191 e. The quantitative estimate of drug-likeness (QED) is 0.370. The molecule has 1 fully saturated rings. The van der Waals surface area contributed by atoms with E-state index in [0.717, 1.165) is 51.0 Å². The molecular formula is C16H31IN6O. The molecule has 2 heterocycles. The Morgan fingerprint density at radius 3 is 2.71 bits per heavy atom. The highest BCUT2D eigenvalue weighted by Crippen LogP contribution is 2.15. The van der Waals surface area contributed by atoms with E-state index in [2.05, 4.69) is 25.6 Å². The van der Waals surface area contributed by atoms with E-state index < -0.39 is 0 Å². The topological polar surface area (TPSA) is 66.7 Å². The Kier molecular flexibility index (Phi) is 10.3. The average Bonchev–Trinajstić information content (AvgIpc) is 2.99. The number of piperidine rings is 1. The van der Waals surface area contributed by atoms with Gasteiger partial charge in [-0.25, -0.2) is 0 Å². The minimum absolute atomic E-state index is 0. The molecule has 7 nitrogen and oxygen atoms in total. The summed E-state index contributed by atoms with van der Waals surface area (Å²) in [6.45, 7) is 5.90. The number of aromatic nitrogens is 2. The molecule has 0 bridgehead atoms. The lowest BCUT2D eigenvalue weighted by molar-refractivity contribution is 0.121. The number of halogens is 1. The highest BCUT2D eigenvalue weighted by Gasteiger charge is 2.18. The summed E-state index contributed by atoms with van der Waals surface area (Å²) in [4.78, 5) is 6.78. The molecule has 0 spiro atoms. The summed E-state index contributed by atoms with van der Waals surface area (Å²) in [6.07, 6.45) is 4.27. The predicted molar refractivity (Wildman–Crippen MR) is 108 cm³/mol. The van der Waals surface area contributed by atoms with Gasteiger partial charge in [-0.05, 0) is 37.9 Å². The molecule has 2 N–H and O–H groups in total. The molecule has 1 aromatic heterocycles. The van der Waals surface area contributed by atoms with Crippen molar-refractivity contribution in [3.05, 3.63) is 18.0 Å². The molecule has 0 aromatic carbocycles. The van der Waals surface area contributed by atoms with Gasteiger partial charge >= 0.3 is 0 Å². The second kappa shape index (κ2) is 11.6. The first-order valence-electron chi connectivity index (χ1n) is 8.35. The molecule has 2 rings (SSSR count). The van der Waals surface area contributed by atoms with Crippen molar-refractivity contribution >= 4 is 29.9 Å². The summed E-state index contributed by atoms with van der Waals surface area (Å²) in [5.74, 6) is 1.57. The summed E-state index contributed by atoms with van der Waals surface area (Å²) in [7, 11) is 5.53. The molecule has 0 radical (unpaired) electrons. The third-order valence-corrected chi connectivity index (χ3v) is 4.46. The average molecular weight is 450 g/mol. The van der Waals surface area contributed by atoms with Crippen molar-refractivity contribution in [3.63, 3.8) is 0 Å². The van der Waals surface area contributed by atoms with Gasteiger partial charge in [-0.1, -0.05) is 0 Å². The van der Waals surface area contributed by atoms with E-state index in [0.29, 0.717) is 5.92 Å². The maximum absolute atomic E-state index is 5.15. The summed E-state index contributed by atoms with van der Waals surface area (Å²) in [6, 6.07) is 2.01. The van der Waals surface area contributed by atoms with Crippen molar-refractivity contribution in [1.29, 1.82) is 0 Å². The number of guanidine groups is 1. The van der Waals surface area contributed by atoms with E-state index in [-0.39, 0.29) is 24.0 Å². The zero-order valence-corrected chi connectivity index (χ0v) is 17.3. The van der Waals surface area contributed by atoms with Crippen molar-refractivity contribution in [2.45, 2.75) is 19.4 Å². The van der Waals surface area contributed by atoms with Gasteiger partial charge in [-0.2, -0.15) is 5.10 Å². The molecule has 138 valence electrons. The molecule has 1 aliphatic heterocycles. The minimum atomic E-state index is 0. The molecule has 0 saturated carbocycles. The van der Waals surface area contributed by atoms with E-state index in [1.165, 1.54) is 12.8 Å². The van der Waals surface area contributed by atoms with Crippen LogP contribution in [0, 0.1) is 5.92 Å². The highest BCUT2D eigenvalue weighted by molar-refractivity contribution is 14.0. The molecule has 0 unspecified atom stereocenters. The Morgan fingerprint density at radius 2 is 2.12 bits per heavy atom. The molecule has 0 aliphatic carbocycles. The number of aryl methyl sites for hydroxylation is 1. The summed E-state index contributed by atoms with van der Waals surface area (Å²) >= 11 is 0. The first kappa shape index (κ1) is 21.2. The lowest BCUT2D eigenvalue weighted by Gasteiger charge is -2.32. The fourth-order valence-electron chi connectivity index (χ4n) is 2.85. The molecule has 0 amide bonds. The molecular weight excluding hydrogens is 419 g/mol. The fourth-order valence-corrected chi connectivity index (χ4v) is 2.85. The maximum atomic E-state index is 5.15. The lowest BCUT2D eigenvalue weighted by atomic mass is 9.97. The Balaban J connectivity index is 0.00000288. The van der Waals surface area contributed by atoms with Crippen LogP contribution in [-0.2, 0) is 18.3 Å². The standard InChI is InChI=1S/C16H30N6O.HI/c1-17-16(19-13-15-4-7-20-21(15)2)18-12-14-5-8-22(9-6-14)10-11-23-3;/h4,7,14H,5-6,8-13H2,1-3H3,(H2,17,18,19);1H. The van der Waals surface area contributed by atoms with E-state index in [9.17, 15) is 0 Å². The first-order chi connectivity index (χ1) is 11.2. The van der Waals surface area contributed by atoms with Crippen LogP contribution in [0.3, 0.4) is 0 Å². The van der Waals surface area contributed by atoms with Gasteiger partial charge in [-0.15, -0.1) is 24.0 Å². The number of hydrogen-bond acceptors (Lipinski definition) is 4. The molecule has 1 saturated heterocycles. The fraction of sp³-hybridized carbons (Fsp3) is 0.750. The van der Waals surface area contributed by atoms with E-state index >= 15 is 0 Å². The van der Waals surface area contributed by atoms with Crippen LogP contribution in [0.1, 0.15) is 18.5 Å². The Morgan fingerprint density at radius 1 is 1.38 bits per heavy atom. The van der Waals surface area contributed by atoms with E-state index in [1.807, 2.05) is 31.0 Å². The second-order valence-corrected chi connectivity index (χ2v) is 6.03. The van der Waals surface area contributed by atoms with Gasteiger partial charge in [0.05, 0.1) is 18.8 Å². The van der Waals surface area contributed by atoms with Crippen molar-refractivity contribution in [3.8, 4) is 0 Å². The van der Waals surface area contributed by atoms with Crippen LogP contribution in [0.2, 0.25) is 0 Å². The Hall–Kier alpha value is -0.870. The second-order valence-electron chi connectivity index (χ2n) is 6.03. The zero-order chi connectivity index (χ0) is 16.5. The predicted octanol–water partition coefficient (Wildman–Crippen LogP) is 1.06. The lowest BCUT2D eigenvalue weighted by Crippen LogP contribution is -2.43. The molecule has 24 heavy (non-hydrogen) atoms. The third kappa shape index (κ3) is 6.94. The summed E-state index contributed by atoms with van der Waals surface area (Å²) < 4.78 is 7.02. The van der Waals surface area contributed by atoms with Crippen molar-refractivity contribution in [1.82, 2.24) is 25.3 Å². The smallest absolute Gasteiger partial charge is 0.191 e. The molecule has 0 atom stereocenters. The van der Waals surface area contributed by atoms with Gasteiger partial charge in [0, 0.05) is 40.5 Å². The van der Waals surface area contributed by atoms with Crippen LogP contribution in [0.5, 0.6) is 0 Å². The van der Waals surface area contributed by atoms with Gasteiger partial charge in [0.25, 0.3) is 0 Å². The summed E-state index contributed by atoms with van der Waals surface area (Å²) in [5, 5.41) is 11.0. The first-order valence-corrected chi connectivity index (χ1v) is 8.35. The van der Waals surface area contributed by atoms with Crippen molar-refractivity contribution in [2.75, 3.05) is 46.9 Å². The highest BCUT2D eigenvalue weighted by atomic mass is 127. The molecule has 8 heteroatoms. The van der Waals surface area contributed by atoms with Crippen molar-refractivity contribution < 1.29 is 4.74 Å². The number of methoxy groups -OCH3 is 1. The Bertz CT molecular complexity index is 485. The SMILES string of the molecule is CN=C(NCc1ccnn1C)NCC1CCN(CCOC)CC1.I. The van der Waals surface area contributed by atoms with Crippen LogP contribution < -0.4 is 10.6 Å². The molecule has 1 aliphatic rings. The van der Waals surface area contributed by atoms with Crippen LogP contribution >= 0.6 is 24.0 Å². The van der Waals surface area contributed by atoms with Crippen LogP contribution in [0.25, 0.3) is 0 Å². The van der Waals surface area contributed by atoms with Gasteiger partial charge in [-0.3, -0.25) is 9.67 Å². The number of ether oxygens (including phenoxy) is 1. The Labute approximate surface area is 162 Å². The van der Waals surface area contributed by atoms with Gasteiger partial charge in [0.1, 0.15) is 0 Å². The van der Waals surface area contributed by atoms with E-state index in [1.54, 1.807) is 7.11 Å². The van der Waals surface area contributed by atoms with Gasteiger partial charge in [0.15, 0.2) is 5.96 Å². The van der Waals surface area contributed by atoms with Crippen LogP contribution in [-0.4, -0.2) is 67.6 Å². The normalized spacial score (nSPS) is 16.7. The monoisotopic (exact) mass is 450 g/mol. The van der Waals surface area contributed by atoms with E-state index in [4.69, 9.17) is 4.74 Å².